The number of benzene rings is 1. The largest absolute Gasteiger partial charge is 0.344 e. The molecule has 0 saturated heterocycles. The second-order valence-electron chi connectivity index (χ2n) is 6.44. The summed E-state index contributed by atoms with van der Waals surface area (Å²) >= 11 is 0. The van der Waals surface area contributed by atoms with Crippen molar-refractivity contribution in [1.82, 2.24) is 24.9 Å². The summed E-state index contributed by atoms with van der Waals surface area (Å²) in [6.45, 7) is 6.10. The average molecular weight is 337 g/mol. The van der Waals surface area contributed by atoms with Gasteiger partial charge in [0.1, 0.15) is 5.69 Å². The van der Waals surface area contributed by atoms with Gasteiger partial charge in [0.2, 0.25) is 0 Å². The number of aryl methyl sites for hydroxylation is 1. The normalized spacial score (nSPS) is 12.4. The van der Waals surface area contributed by atoms with Crippen molar-refractivity contribution >= 4 is 5.91 Å². The van der Waals surface area contributed by atoms with Gasteiger partial charge < -0.3 is 5.32 Å². The lowest BCUT2D eigenvalue weighted by Crippen LogP contribution is -2.29. The Kier molecular flexibility index (Phi) is 4.70. The molecule has 0 aliphatic carbocycles. The number of hydrogen-bond donors (Lipinski definition) is 1. The van der Waals surface area contributed by atoms with Crippen LogP contribution in [0, 0.1) is 0 Å². The number of carbonyl (C=O) groups is 1. The zero-order valence-corrected chi connectivity index (χ0v) is 15.0. The first-order chi connectivity index (χ1) is 12.0. The summed E-state index contributed by atoms with van der Waals surface area (Å²) in [7, 11) is 1.79. The predicted octanol–water partition coefficient (Wildman–Crippen LogP) is 3.22. The zero-order valence-electron chi connectivity index (χ0n) is 15.0. The van der Waals surface area contributed by atoms with E-state index in [0.29, 0.717) is 5.69 Å². The van der Waals surface area contributed by atoms with Crippen LogP contribution in [0.5, 0.6) is 0 Å². The van der Waals surface area contributed by atoms with E-state index in [1.54, 1.807) is 22.6 Å². The van der Waals surface area contributed by atoms with Crippen molar-refractivity contribution in [2.24, 2.45) is 7.05 Å². The Morgan fingerprint density at radius 1 is 1.16 bits per heavy atom. The van der Waals surface area contributed by atoms with Gasteiger partial charge in [0.05, 0.1) is 17.4 Å². The van der Waals surface area contributed by atoms with Gasteiger partial charge in [-0.05, 0) is 36.6 Å². The van der Waals surface area contributed by atoms with E-state index >= 15 is 0 Å². The molecule has 2 heterocycles. The van der Waals surface area contributed by atoms with Crippen LogP contribution in [0.25, 0.3) is 5.69 Å². The molecule has 0 unspecified atom stereocenters. The van der Waals surface area contributed by atoms with Gasteiger partial charge >= 0.3 is 0 Å². The van der Waals surface area contributed by atoms with Gasteiger partial charge in [0.25, 0.3) is 5.91 Å². The van der Waals surface area contributed by atoms with Crippen LogP contribution in [0.15, 0.2) is 48.8 Å². The maximum atomic E-state index is 12.7. The smallest absolute Gasteiger partial charge is 0.270 e. The van der Waals surface area contributed by atoms with Crippen LogP contribution in [0.3, 0.4) is 0 Å². The van der Waals surface area contributed by atoms with Crippen molar-refractivity contribution in [3.8, 4) is 5.69 Å². The van der Waals surface area contributed by atoms with Gasteiger partial charge in [-0.15, -0.1) is 0 Å². The number of amides is 1. The monoisotopic (exact) mass is 337 g/mol. The molecule has 0 spiro atoms. The Labute approximate surface area is 147 Å². The number of nitrogens with zero attached hydrogens (tertiary/aromatic N) is 4. The summed E-state index contributed by atoms with van der Waals surface area (Å²) in [6, 6.07) is 11.5. The van der Waals surface area contributed by atoms with E-state index in [-0.39, 0.29) is 17.9 Å². The third-order valence-electron chi connectivity index (χ3n) is 4.22. The molecule has 25 heavy (non-hydrogen) atoms. The van der Waals surface area contributed by atoms with Crippen molar-refractivity contribution < 1.29 is 4.79 Å². The van der Waals surface area contributed by atoms with Crippen LogP contribution in [-0.2, 0) is 7.05 Å². The van der Waals surface area contributed by atoms with Gasteiger partial charge in [0.15, 0.2) is 0 Å². The molecule has 2 aromatic heterocycles. The van der Waals surface area contributed by atoms with Crippen LogP contribution < -0.4 is 5.32 Å². The molecular weight excluding hydrogens is 314 g/mol. The standard InChI is InChI=1S/C19H23N5O/c1-13(2)16-12-18(23(4)22-16)19(25)21-14(3)15-8-5-6-9-17(15)24-11-7-10-20-24/h5-14H,1-4H3,(H,21,25)/t14-/m1/s1. The fourth-order valence-corrected chi connectivity index (χ4v) is 2.81. The van der Waals surface area contributed by atoms with Gasteiger partial charge in [-0.3, -0.25) is 9.48 Å². The van der Waals surface area contributed by atoms with Gasteiger partial charge in [0, 0.05) is 19.4 Å². The maximum absolute atomic E-state index is 12.7. The van der Waals surface area contributed by atoms with Crippen molar-refractivity contribution in [2.75, 3.05) is 0 Å². The van der Waals surface area contributed by atoms with Crippen molar-refractivity contribution in [2.45, 2.75) is 32.7 Å². The summed E-state index contributed by atoms with van der Waals surface area (Å²) in [4.78, 5) is 12.7. The lowest BCUT2D eigenvalue weighted by atomic mass is 10.1. The Hall–Kier alpha value is -2.89. The van der Waals surface area contributed by atoms with Gasteiger partial charge in [-0.25, -0.2) is 4.68 Å². The van der Waals surface area contributed by atoms with Crippen LogP contribution in [-0.4, -0.2) is 25.5 Å². The molecule has 1 N–H and O–H groups in total. The van der Waals surface area contributed by atoms with E-state index < -0.39 is 0 Å². The molecule has 3 rings (SSSR count). The lowest BCUT2D eigenvalue weighted by Gasteiger charge is -2.18. The highest BCUT2D eigenvalue weighted by molar-refractivity contribution is 5.93. The van der Waals surface area contributed by atoms with Crippen LogP contribution >= 0.6 is 0 Å². The van der Waals surface area contributed by atoms with E-state index in [1.165, 1.54) is 0 Å². The minimum Gasteiger partial charge on any atom is -0.344 e. The molecule has 0 bridgehead atoms. The second-order valence-corrected chi connectivity index (χ2v) is 6.44. The Morgan fingerprint density at radius 3 is 2.56 bits per heavy atom. The first kappa shape index (κ1) is 17.0. The molecule has 1 atom stereocenters. The summed E-state index contributed by atoms with van der Waals surface area (Å²) in [5.41, 5.74) is 3.43. The minimum absolute atomic E-state index is 0.135. The van der Waals surface area contributed by atoms with Gasteiger partial charge in [-0.1, -0.05) is 32.0 Å². The third-order valence-corrected chi connectivity index (χ3v) is 4.22. The Morgan fingerprint density at radius 2 is 1.92 bits per heavy atom. The third kappa shape index (κ3) is 3.47. The highest BCUT2D eigenvalue weighted by Gasteiger charge is 2.19. The van der Waals surface area contributed by atoms with Crippen LogP contribution in [0.1, 0.15) is 54.5 Å². The second kappa shape index (κ2) is 6.93. The fraction of sp³-hybridized carbons (Fsp3) is 0.316. The highest BCUT2D eigenvalue weighted by Crippen LogP contribution is 2.22. The number of nitrogens with one attached hydrogen (secondary N) is 1. The Bertz CT molecular complexity index is 864. The molecule has 130 valence electrons. The predicted molar refractivity (Wildman–Crippen MR) is 96.7 cm³/mol. The fourth-order valence-electron chi connectivity index (χ4n) is 2.81. The first-order valence-electron chi connectivity index (χ1n) is 8.41. The SMILES string of the molecule is CC(C)c1cc(C(=O)N[C@H](C)c2ccccc2-n2cccn2)n(C)n1. The molecular formula is C19H23N5O. The maximum Gasteiger partial charge on any atom is 0.270 e. The molecule has 0 aliphatic heterocycles. The van der Waals surface area contributed by atoms with E-state index in [4.69, 9.17) is 0 Å². The molecule has 1 amide bonds. The van der Waals surface area contributed by atoms with E-state index in [2.05, 4.69) is 29.4 Å². The van der Waals surface area contributed by atoms with E-state index in [0.717, 1.165) is 16.9 Å². The molecule has 1 aromatic carbocycles. The minimum atomic E-state index is -0.162. The van der Waals surface area contributed by atoms with Crippen LogP contribution in [0.4, 0.5) is 0 Å². The molecule has 0 saturated carbocycles. The summed E-state index contributed by atoms with van der Waals surface area (Å²) in [6.07, 6.45) is 3.63. The van der Waals surface area contributed by atoms with E-state index in [1.807, 2.05) is 49.5 Å². The molecule has 3 aromatic rings. The van der Waals surface area contributed by atoms with Crippen molar-refractivity contribution in [3.63, 3.8) is 0 Å². The topological polar surface area (TPSA) is 64.7 Å². The van der Waals surface area contributed by atoms with Crippen molar-refractivity contribution in [1.29, 1.82) is 0 Å². The molecule has 6 heteroatoms. The van der Waals surface area contributed by atoms with Crippen LogP contribution in [0.2, 0.25) is 0 Å². The number of carbonyl (C=O) groups excluding carboxylic acids is 1. The first-order valence-corrected chi connectivity index (χ1v) is 8.41. The number of para-hydroxylation sites is 1. The van der Waals surface area contributed by atoms with Gasteiger partial charge in [-0.2, -0.15) is 10.2 Å². The highest BCUT2D eigenvalue weighted by atomic mass is 16.2. The summed E-state index contributed by atoms with van der Waals surface area (Å²) in [5.74, 6) is 0.149. The molecule has 0 radical (unpaired) electrons. The quantitative estimate of drug-likeness (QED) is 0.777. The summed E-state index contributed by atoms with van der Waals surface area (Å²) < 4.78 is 3.44. The lowest BCUT2D eigenvalue weighted by molar-refractivity contribution is 0.0930. The number of rotatable bonds is 5. The average Bonchev–Trinajstić information content (AvgIpc) is 3.24. The molecule has 0 fully saturated rings. The summed E-state index contributed by atoms with van der Waals surface area (Å²) in [5, 5.41) is 11.8. The Balaban J connectivity index is 1.84. The molecule has 0 aliphatic rings. The van der Waals surface area contributed by atoms with E-state index in [9.17, 15) is 4.79 Å². The zero-order chi connectivity index (χ0) is 18.0. The van der Waals surface area contributed by atoms with Crippen molar-refractivity contribution in [3.05, 3.63) is 65.7 Å². The number of aromatic nitrogens is 4. The molecule has 6 nitrogen and oxygen atoms in total. The number of hydrogen-bond acceptors (Lipinski definition) is 3.